The van der Waals surface area contributed by atoms with E-state index in [-0.39, 0.29) is 12.0 Å². The maximum absolute atomic E-state index is 12.2. The molecule has 0 spiro atoms. The van der Waals surface area contributed by atoms with Crippen LogP contribution in [0.1, 0.15) is 6.42 Å². The standard InChI is InChI=1S/C11H20N4O3/c16-11(8-14-3-5-17-6-4-14)15-2-1-9-10(7-15)18-13-12-9/h9-10,12-13H,1-8H2. The van der Waals surface area contributed by atoms with Crippen molar-refractivity contribution in [2.45, 2.75) is 18.6 Å². The lowest BCUT2D eigenvalue weighted by Crippen LogP contribution is -2.53. The second-order valence-corrected chi connectivity index (χ2v) is 5.03. The first kappa shape index (κ1) is 12.3. The number of hydrogen-bond donors (Lipinski definition) is 2. The Labute approximate surface area is 106 Å². The summed E-state index contributed by atoms with van der Waals surface area (Å²) in [7, 11) is 0. The van der Waals surface area contributed by atoms with Gasteiger partial charge in [-0.15, -0.1) is 5.59 Å². The molecule has 3 rings (SSSR count). The number of carbonyl (C=O) groups excluding carboxylic acids is 1. The Kier molecular flexibility index (Phi) is 3.76. The summed E-state index contributed by atoms with van der Waals surface area (Å²) >= 11 is 0. The number of carbonyl (C=O) groups is 1. The summed E-state index contributed by atoms with van der Waals surface area (Å²) in [6, 6.07) is 0.331. The molecular formula is C11H20N4O3. The van der Waals surface area contributed by atoms with Crippen LogP contribution < -0.4 is 11.0 Å². The summed E-state index contributed by atoms with van der Waals surface area (Å²) < 4.78 is 5.28. The molecule has 2 N–H and O–H groups in total. The van der Waals surface area contributed by atoms with Gasteiger partial charge in [-0.05, 0) is 6.42 Å². The molecule has 0 aliphatic carbocycles. The number of amides is 1. The summed E-state index contributed by atoms with van der Waals surface area (Å²) in [4.78, 5) is 21.6. The second kappa shape index (κ2) is 5.50. The second-order valence-electron chi connectivity index (χ2n) is 5.03. The molecule has 0 saturated carbocycles. The van der Waals surface area contributed by atoms with Crippen LogP contribution in [0, 0.1) is 0 Å². The van der Waals surface area contributed by atoms with Crippen LogP contribution in [0.15, 0.2) is 0 Å². The number of hydrogen-bond acceptors (Lipinski definition) is 6. The van der Waals surface area contributed by atoms with Gasteiger partial charge >= 0.3 is 0 Å². The molecule has 3 fully saturated rings. The molecule has 2 unspecified atom stereocenters. The Bertz CT molecular complexity index is 309. The number of fused-ring (bicyclic) bond motifs is 1. The van der Waals surface area contributed by atoms with E-state index in [1.807, 2.05) is 4.90 Å². The van der Waals surface area contributed by atoms with Gasteiger partial charge in [0.05, 0.1) is 32.3 Å². The van der Waals surface area contributed by atoms with Gasteiger partial charge in [-0.25, -0.2) is 5.43 Å². The SMILES string of the molecule is O=C(CN1CCOCC1)N1CCC2NNOC2C1. The van der Waals surface area contributed by atoms with Crippen LogP contribution in [0.2, 0.25) is 0 Å². The molecule has 3 aliphatic rings. The number of ether oxygens (including phenoxy) is 1. The fourth-order valence-corrected chi connectivity index (χ4v) is 2.66. The van der Waals surface area contributed by atoms with E-state index in [1.54, 1.807) is 0 Å². The number of likely N-dealkylation sites (tertiary alicyclic amines) is 1. The third-order valence-corrected chi connectivity index (χ3v) is 3.83. The van der Waals surface area contributed by atoms with Gasteiger partial charge < -0.3 is 9.64 Å². The third kappa shape index (κ3) is 2.65. The molecule has 3 aliphatic heterocycles. The van der Waals surface area contributed by atoms with Crippen LogP contribution in [-0.4, -0.2) is 73.8 Å². The van der Waals surface area contributed by atoms with Gasteiger partial charge in [-0.1, -0.05) is 0 Å². The number of piperidine rings is 1. The van der Waals surface area contributed by atoms with Gasteiger partial charge in [0.1, 0.15) is 6.10 Å². The number of rotatable bonds is 2. The van der Waals surface area contributed by atoms with E-state index in [0.29, 0.717) is 19.1 Å². The summed E-state index contributed by atoms with van der Waals surface area (Å²) in [5.41, 5.74) is 5.75. The molecule has 0 aromatic carbocycles. The normalized spacial score (nSPS) is 33.4. The number of morpholine rings is 1. The highest BCUT2D eigenvalue weighted by molar-refractivity contribution is 5.78. The first-order chi connectivity index (χ1) is 8.83. The summed E-state index contributed by atoms with van der Waals surface area (Å²) in [6.45, 7) is 5.15. The largest absolute Gasteiger partial charge is 0.379 e. The number of nitrogens with zero attached hydrogens (tertiary/aromatic N) is 2. The lowest BCUT2D eigenvalue weighted by Gasteiger charge is -2.35. The van der Waals surface area contributed by atoms with E-state index in [4.69, 9.17) is 9.57 Å². The van der Waals surface area contributed by atoms with Gasteiger partial charge in [-0.2, -0.15) is 0 Å². The molecule has 7 nitrogen and oxygen atoms in total. The van der Waals surface area contributed by atoms with Gasteiger partial charge in [0.2, 0.25) is 5.91 Å². The van der Waals surface area contributed by atoms with Crippen molar-refractivity contribution in [3.63, 3.8) is 0 Å². The van der Waals surface area contributed by atoms with Crippen molar-refractivity contribution in [3.05, 3.63) is 0 Å². The Balaban J connectivity index is 1.49. The molecule has 7 heteroatoms. The van der Waals surface area contributed by atoms with Gasteiger partial charge in [0.15, 0.2) is 0 Å². The van der Waals surface area contributed by atoms with E-state index >= 15 is 0 Å². The summed E-state index contributed by atoms with van der Waals surface area (Å²) in [5.74, 6) is 0.200. The predicted octanol–water partition coefficient (Wildman–Crippen LogP) is -1.67. The number of hydrazine groups is 1. The van der Waals surface area contributed by atoms with Crippen LogP contribution in [0.4, 0.5) is 0 Å². The summed E-state index contributed by atoms with van der Waals surface area (Å²) in [5, 5.41) is 0. The smallest absolute Gasteiger partial charge is 0.236 e. The Morgan fingerprint density at radius 2 is 2.11 bits per heavy atom. The zero-order valence-electron chi connectivity index (χ0n) is 10.4. The molecule has 3 saturated heterocycles. The van der Waals surface area contributed by atoms with Gasteiger partial charge in [0.25, 0.3) is 0 Å². The van der Waals surface area contributed by atoms with Crippen LogP contribution in [0.3, 0.4) is 0 Å². The quantitative estimate of drug-likeness (QED) is 0.616. The van der Waals surface area contributed by atoms with Crippen molar-refractivity contribution in [2.75, 3.05) is 45.9 Å². The third-order valence-electron chi connectivity index (χ3n) is 3.83. The van der Waals surface area contributed by atoms with E-state index in [2.05, 4.69) is 15.9 Å². The molecule has 18 heavy (non-hydrogen) atoms. The van der Waals surface area contributed by atoms with Crippen LogP contribution in [-0.2, 0) is 14.4 Å². The molecule has 0 radical (unpaired) electrons. The maximum atomic E-state index is 12.2. The minimum atomic E-state index is 0.0763. The van der Waals surface area contributed by atoms with Crippen LogP contribution >= 0.6 is 0 Å². The Hall–Kier alpha value is -0.730. The van der Waals surface area contributed by atoms with Crippen molar-refractivity contribution in [1.82, 2.24) is 20.8 Å². The van der Waals surface area contributed by atoms with E-state index in [9.17, 15) is 4.79 Å². The highest BCUT2D eigenvalue weighted by Crippen LogP contribution is 2.16. The molecule has 0 aromatic heterocycles. The number of nitrogens with one attached hydrogen (secondary N) is 2. The fraction of sp³-hybridized carbons (Fsp3) is 0.909. The lowest BCUT2D eigenvalue weighted by molar-refractivity contribution is -0.137. The Morgan fingerprint density at radius 1 is 1.28 bits per heavy atom. The van der Waals surface area contributed by atoms with E-state index in [0.717, 1.165) is 39.3 Å². The topological polar surface area (TPSA) is 66.1 Å². The highest BCUT2D eigenvalue weighted by atomic mass is 16.7. The average Bonchev–Trinajstić information content (AvgIpc) is 2.87. The molecule has 2 atom stereocenters. The molecule has 3 heterocycles. The maximum Gasteiger partial charge on any atom is 0.236 e. The minimum absolute atomic E-state index is 0.0763. The molecule has 1 amide bonds. The minimum Gasteiger partial charge on any atom is -0.379 e. The monoisotopic (exact) mass is 256 g/mol. The van der Waals surface area contributed by atoms with E-state index in [1.165, 1.54) is 0 Å². The van der Waals surface area contributed by atoms with Crippen molar-refractivity contribution in [1.29, 1.82) is 0 Å². The van der Waals surface area contributed by atoms with Crippen molar-refractivity contribution in [3.8, 4) is 0 Å². The van der Waals surface area contributed by atoms with Crippen molar-refractivity contribution < 1.29 is 14.4 Å². The zero-order valence-corrected chi connectivity index (χ0v) is 10.4. The van der Waals surface area contributed by atoms with E-state index < -0.39 is 0 Å². The van der Waals surface area contributed by atoms with Crippen molar-refractivity contribution in [2.24, 2.45) is 0 Å². The summed E-state index contributed by atoms with van der Waals surface area (Å²) in [6.07, 6.45) is 1.01. The van der Waals surface area contributed by atoms with Crippen LogP contribution in [0.5, 0.6) is 0 Å². The zero-order chi connectivity index (χ0) is 12.4. The van der Waals surface area contributed by atoms with Crippen molar-refractivity contribution >= 4 is 5.91 Å². The predicted molar refractivity (Wildman–Crippen MR) is 63.4 cm³/mol. The lowest BCUT2D eigenvalue weighted by atomic mass is 10.0. The molecular weight excluding hydrogens is 236 g/mol. The first-order valence-electron chi connectivity index (χ1n) is 6.57. The molecule has 0 bridgehead atoms. The first-order valence-corrected chi connectivity index (χ1v) is 6.57. The molecule has 102 valence electrons. The van der Waals surface area contributed by atoms with Gasteiger partial charge in [-0.3, -0.25) is 14.5 Å². The Morgan fingerprint density at radius 3 is 2.94 bits per heavy atom. The molecule has 0 aromatic rings. The van der Waals surface area contributed by atoms with Crippen LogP contribution in [0.25, 0.3) is 0 Å². The fourth-order valence-electron chi connectivity index (χ4n) is 2.66. The average molecular weight is 256 g/mol. The highest BCUT2D eigenvalue weighted by Gasteiger charge is 2.36. The van der Waals surface area contributed by atoms with Gasteiger partial charge in [0, 0.05) is 19.6 Å².